The van der Waals surface area contributed by atoms with Crippen molar-refractivity contribution in [2.75, 3.05) is 46.4 Å². The maximum absolute atomic E-state index is 13.9. The Morgan fingerprint density at radius 1 is 0.692 bits per heavy atom. The SMILES string of the molecule is C[C@@H]([C@@H](O)[C@H](OCCO)O[C@@H]1[C@@H](O)[C@H](O[C@H]2OC(CNCC(O)CCNC(=O)OC(C)(C)C)=CC[C@H]2NC(=O)OC(C)(C)C)[C@@H](NC(=O)OC(C)(C)C)C[C@H]1NC(=O)[C@@H](O)CNC(=O)OC(C)(C)C)N(C)C(=O)OC(C)(C)C. The lowest BCUT2D eigenvalue weighted by molar-refractivity contribution is -0.276. The number of carbonyl (C=O) groups is 6. The van der Waals surface area contributed by atoms with Crippen LogP contribution in [-0.4, -0.2) is 215 Å². The lowest BCUT2D eigenvalue weighted by Gasteiger charge is -2.47. The van der Waals surface area contributed by atoms with Crippen LogP contribution in [0.25, 0.3) is 0 Å². The van der Waals surface area contributed by atoms with Gasteiger partial charge in [-0.2, -0.15) is 0 Å². The molecule has 0 aromatic heterocycles. The van der Waals surface area contributed by atoms with Crippen LogP contribution in [0, 0.1) is 0 Å². The van der Waals surface area contributed by atoms with E-state index in [9.17, 15) is 54.3 Å². The molecule has 1 heterocycles. The molecule has 2 rings (SSSR count). The van der Waals surface area contributed by atoms with Crippen LogP contribution < -0.4 is 31.9 Å². The van der Waals surface area contributed by atoms with Gasteiger partial charge in [0.25, 0.3) is 5.91 Å². The number of alkyl carbamates (subject to hydrolysis) is 4. The quantitative estimate of drug-likeness (QED) is 0.0515. The maximum Gasteiger partial charge on any atom is 0.410 e. The van der Waals surface area contributed by atoms with E-state index in [1.165, 1.54) is 14.0 Å². The Labute approximate surface area is 458 Å². The summed E-state index contributed by atoms with van der Waals surface area (Å²) < 4.78 is 52.3. The van der Waals surface area contributed by atoms with Gasteiger partial charge in [0.1, 0.15) is 64.3 Å². The van der Waals surface area contributed by atoms with E-state index in [-0.39, 0.29) is 44.7 Å². The molecule has 27 heteroatoms. The molecule has 27 nitrogen and oxygen atoms in total. The number of amides is 6. The summed E-state index contributed by atoms with van der Waals surface area (Å²) in [5, 5.41) is 72.2. The van der Waals surface area contributed by atoms with Crippen molar-refractivity contribution in [1.82, 2.24) is 36.8 Å². The van der Waals surface area contributed by atoms with E-state index in [0.717, 1.165) is 4.90 Å². The summed E-state index contributed by atoms with van der Waals surface area (Å²) in [6.45, 7) is 24.7. The third-order valence-corrected chi connectivity index (χ3v) is 10.9. The topological polar surface area (TPSA) is 362 Å². The van der Waals surface area contributed by atoms with E-state index in [0.29, 0.717) is 0 Å². The summed E-state index contributed by atoms with van der Waals surface area (Å²) >= 11 is 0. The van der Waals surface area contributed by atoms with Gasteiger partial charge in [-0.15, -0.1) is 0 Å². The first-order chi connectivity index (χ1) is 35.7. The minimum atomic E-state index is -1.98. The van der Waals surface area contributed by atoms with Crippen LogP contribution in [0.3, 0.4) is 0 Å². The van der Waals surface area contributed by atoms with E-state index in [4.69, 9.17) is 42.6 Å². The molecule has 452 valence electrons. The van der Waals surface area contributed by atoms with Gasteiger partial charge in [0, 0.05) is 20.1 Å². The van der Waals surface area contributed by atoms with E-state index in [1.807, 2.05) is 0 Å². The molecule has 0 spiro atoms. The molecule has 0 bridgehead atoms. The third-order valence-electron chi connectivity index (χ3n) is 10.9. The van der Waals surface area contributed by atoms with Gasteiger partial charge in [0.2, 0.25) is 6.29 Å². The van der Waals surface area contributed by atoms with Crippen LogP contribution in [0.4, 0.5) is 24.0 Å². The van der Waals surface area contributed by atoms with Gasteiger partial charge in [-0.3, -0.25) is 4.79 Å². The Morgan fingerprint density at radius 2 is 1.19 bits per heavy atom. The summed E-state index contributed by atoms with van der Waals surface area (Å²) in [4.78, 5) is 79.7. The summed E-state index contributed by atoms with van der Waals surface area (Å²) in [5.41, 5.74) is -4.53. The number of hydrogen-bond acceptors (Lipinski definition) is 21. The van der Waals surface area contributed by atoms with Gasteiger partial charge in [-0.25, -0.2) is 24.0 Å². The van der Waals surface area contributed by atoms with Crippen molar-refractivity contribution >= 4 is 36.4 Å². The number of carbonyl (C=O) groups excluding carboxylic acids is 6. The van der Waals surface area contributed by atoms with Crippen LogP contribution in [0.1, 0.15) is 130 Å². The molecule has 1 saturated carbocycles. The predicted molar refractivity (Wildman–Crippen MR) is 280 cm³/mol. The number of nitrogens with one attached hydrogen (secondary N) is 6. The Morgan fingerprint density at radius 3 is 1.72 bits per heavy atom. The molecule has 1 fully saturated rings. The Hall–Kier alpha value is -5.00. The minimum Gasteiger partial charge on any atom is -0.466 e. The number of rotatable bonds is 23. The highest BCUT2D eigenvalue weighted by Crippen LogP contribution is 2.32. The number of ether oxygens (including phenoxy) is 9. The normalized spacial score (nSPS) is 23.1. The van der Waals surface area contributed by atoms with E-state index >= 15 is 0 Å². The Kier molecular flexibility index (Phi) is 26.6. The molecule has 0 radical (unpaired) electrons. The molecule has 1 aliphatic heterocycles. The van der Waals surface area contributed by atoms with Gasteiger partial charge in [-0.05, 0) is 136 Å². The Bertz CT molecular complexity index is 1960. The standard InChI is InChI=1S/C51H93N7O20/c1-28(58(17)46(69)78-51(14,15)16)35(62)41(70-23-22-59)73-37-32(55-39(64)34(61)27-54-43(66)75-48(5,6)7)24-33(57-45(68)77-50(11,12)13)38(36(37)63)72-40-31(56-44(67)76-49(8,9)10)19-18-30(71-40)26-52-25-29(60)20-21-53-42(65)74-47(2,3)4/h18,28-29,31-38,40-41,52,59-63H,19-27H2,1-17H3,(H,53,65)(H,54,66)(H,55,64)(H,56,67)(H,57,68)/t28-,29?,31+,32+,33-,34-,35+,36+,37-,38+,40+,41+/m0/s1. The second kappa shape index (κ2) is 30.0. The van der Waals surface area contributed by atoms with Gasteiger partial charge in [0.05, 0.1) is 56.6 Å². The van der Waals surface area contributed by atoms with Crippen molar-refractivity contribution < 1.29 is 96.9 Å². The first-order valence-electron chi connectivity index (χ1n) is 26.2. The zero-order valence-electron chi connectivity index (χ0n) is 48.7. The lowest BCUT2D eigenvalue weighted by Crippen LogP contribution is -2.68. The molecule has 1 aliphatic carbocycles. The number of hydrogen-bond donors (Lipinski definition) is 11. The summed E-state index contributed by atoms with van der Waals surface area (Å²) in [7, 11) is 1.35. The van der Waals surface area contributed by atoms with Crippen molar-refractivity contribution in [3.63, 3.8) is 0 Å². The van der Waals surface area contributed by atoms with E-state index < -0.39 is 158 Å². The molecule has 0 saturated heterocycles. The number of likely N-dealkylation sites (N-methyl/N-ethyl adjacent to an activating group) is 1. The molecule has 2 aliphatic rings. The molecule has 78 heavy (non-hydrogen) atoms. The highest BCUT2D eigenvalue weighted by atomic mass is 16.7. The van der Waals surface area contributed by atoms with Gasteiger partial charge in [0.15, 0.2) is 6.29 Å². The van der Waals surface area contributed by atoms with Crippen LogP contribution in [0.5, 0.6) is 0 Å². The number of aliphatic hydroxyl groups excluding tert-OH is 5. The van der Waals surface area contributed by atoms with Gasteiger partial charge < -0.3 is 105 Å². The fraction of sp³-hybridized carbons (Fsp3) is 0.843. The van der Waals surface area contributed by atoms with Crippen LogP contribution in [0.2, 0.25) is 0 Å². The first kappa shape index (κ1) is 69.1. The molecule has 1 unspecified atom stereocenters. The fourth-order valence-corrected chi connectivity index (χ4v) is 7.41. The third kappa shape index (κ3) is 26.8. The van der Waals surface area contributed by atoms with Gasteiger partial charge in [-0.1, -0.05) is 0 Å². The summed E-state index contributed by atoms with van der Waals surface area (Å²) in [6, 6.07) is -4.95. The molecule has 12 atom stereocenters. The Balaban J connectivity index is 2.70. The molecule has 6 amide bonds. The smallest absolute Gasteiger partial charge is 0.410 e. The van der Waals surface area contributed by atoms with Gasteiger partial charge >= 0.3 is 30.5 Å². The highest BCUT2D eigenvalue weighted by Gasteiger charge is 2.51. The minimum absolute atomic E-state index is 0.00498. The van der Waals surface area contributed by atoms with Crippen molar-refractivity contribution in [2.45, 2.75) is 231 Å². The average molecular weight is 1120 g/mol. The largest absolute Gasteiger partial charge is 0.466 e. The van der Waals surface area contributed by atoms with Crippen molar-refractivity contribution in [2.24, 2.45) is 0 Å². The average Bonchev–Trinajstić information content (AvgIpc) is 3.26. The van der Waals surface area contributed by atoms with Crippen molar-refractivity contribution in [1.29, 1.82) is 0 Å². The zero-order chi connectivity index (χ0) is 59.7. The van der Waals surface area contributed by atoms with Crippen LogP contribution >= 0.6 is 0 Å². The van der Waals surface area contributed by atoms with Crippen molar-refractivity contribution in [3.05, 3.63) is 11.8 Å². The lowest BCUT2D eigenvalue weighted by atomic mass is 9.83. The second-order valence-corrected chi connectivity index (χ2v) is 24.1. The molecule has 0 aromatic carbocycles. The van der Waals surface area contributed by atoms with Crippen molar-refractivity contribution in [3.8, 4) is 0 Å². The summed E-state index contributed by atoms with van der Waals surface area (Å²) in [6.07, 6.45) is -16.0. The molecular formula is C51H93N7O20. The predicted octanol–water partition coefficient (Wildman–Crippen LogP) is 2.13. The fourth-order valence-electron chi connectivity index (χ4n) is 7.41. The van der Waals surface area contributed by atoms with Crippen LogP contribution in [0.15, 0.2) is 11.8 Å². The number of nitrogens with zero attached hydrogens (tertiary/aromatic N) is 1. The number of aliphatic hydroxyl groups is 5. The zero-order valence-corrected chi connectivity index (χ0v) is 48.7. The second-order valence-electron chi connectivity index (χ2n) is 24.1. The van der Waals surface area contributed by atoms with Crippen LogP contribution in [-0.2, 0) is 47.4 Å². The summed E-state index contributed by atoms with van der Waals surface area (Å²) in [5.74, 6) is -0.832. The molecule has 11 N–H and O–H groups in total. The molecule has 0 aromatic rings. The van der Waals surface area contributed by atoms with E-state index in [2.05, 4.69) is 31.9 Å². The molecular weight excluding hydrogens is 1030 g/mol. The maximum atomic E-state index is 13.9. The first-order valence-corrected chi connectivity index (χ1v) is 26.2. The monoisotopic (exact) mass is 1120 g/mol. The van der Waals surface area contributed by atoms with E-state index in [1.54, 1.807) is 110 Å². The highest BCUT2D eigenvalue weighted by molar-refractivity contribution is 5.82.